The molecule has 0 fully saturated rings. The minimum absolute atomic E-state index is 0.379. The molecule has 2 nitrogen and oxygen atoms in total. The number of carbonyl (C=O) groups excluding carboxylic acids is 1. The van der Waals surface area contributed by atoms with Crippen molar-refractivity contribution >= 4 is 43.6 Å². The van der Waals surface area contributed by atoms with Crippen LogP contribution in [0.15, 0.2) is 30.3 Å². The van der Waals surface area contributed by atoms with Crippen molar-refractivity contribution in [3.63, 3.8) is 0 Å². The van der Waals surface area contributed by atoms with E-state index in [9.17, 15) is 4.79 Å². The molecule has 1 rings (SSSR count). The predicted octanol–water partition coefficient (Wildman–Crippen LogP) is 3.54. The summed E-state index contributed by atoms with van der Waals surface area (Å²) < 4.78 is 0. The average Bonchev–Trinajstić information content (AvgIpc) is 2.03. The van der Waals surface area contributed by atoms with Crippen LogP contribution >= 0.6 is 37.7 Å². The number of halogens is 4. The standard InChI is InChI=1S/C7H7NO.4ClH.W/c8-7(9)6-4-2-1-3-5-6;;;;;/h1-5H,(H2,8,9);4*1H;/q;;;;;+4/p-4. The van der Waals surface area contributed by atoms with Crippen LogP contribution in [0, 0.1) is 0 Å². The van der Waals surface area contributed by atoms with E-state index in [0.29, 0.717) is 5.56 Å². The third kappa shape index (κ3) is 10.6. The molecule has 7 heteroatoms. The van der Waals surface area contributed by atoms with Gasteiger partial charge in [0.15, 0.2) is 0 Å². The summed E-state index contributed by atoms with van der Waals surface area (Å²) >= 11 is -3.28. The molecule has 80 valence electrons. The Balaban J connectivity index is 0.000000292. The number of rotatable bonds is 1. The number of hydrogen-bond donors (Lipinski definition) is 1. The summed E-state index contributed by atoms with van der Waals surface area (Å²) in [6.45, 7) is 0. The van der Waals surface area contributed by atoms with Gasteiger partial charge < -0.3 is 5.73 Å². The first-order valence-electron chi connectivity index (χ1n) is 3.27. The van der Waals surface area contributed by atoms with Crippen LogP contribution in [-0.2, 0) is 11.9 Å². The van der Waals surface area contributed by atoms with Gasteiger partial charge in [-0.3, -0.25) is 4.79 Å². The van der Waals surface area contributed by atoms with Crippen LogP contribution < -0.4 is 5.73 Å². The molecule has 0 aromatic heterocycles. The van der Waals surface area contributed by atoms with E-state index in [1.165, 1.54) is 0 Å². The van der Waals surface area contributed by atoms with Crippen LogP contribution in [0.2, 0.25) is 0 Å². The zero-order chi connectivity index (χ0) is 11.2. The van der Waals surface area contributed by atoms with Crippen molar-refractivity contribution in [2.24, 2.45) is 5.73 Å². The Morgan fingerprint density at radius 3 is 1.64 bits per heavy atom. The number of primary amides is 1. The monoisotopic (exact) mass is 445 g/mol. The Labute approximate surface area is 101 Å². The molecule has 0 atom stereocenters. The second-order valence-corrected chi connectivity index (χ2v) is 27.5. The normalized spacial score (nSPS) is 11.1. The van der Waals surface area contributed by atoms with Gasteiger partial charge in [0.25, 0.3) is 0 Å². The van der Waals surface area contributed by atoms with Gasteiger partial charge in [-0.1, -0.05) is 18.2 Å². The number of amides is 1. The molecule has 0 radical (unpaired) electrons. The number of hydrogen-bond acceptors (Lipinski definition) is 1. The van der Waals surface area contributed by atoms with Crippen LogP contribution in [0.5, 0.6) is 0 Å². The van der Waals surface area contributed by atoms with Gasteiger partial charge in [-0.2, -0.15) is 0 Å². The fourth-order valence-electron chi connectivity index (χ4n) is 0.602. The van der Waals surface area contributed by atoms with Crippen molar-refractivity contribution in [3.05, 3.63) is 35.9 Å². The van der Waals surface area contributed by atoms with Gasteiger partial charge in [0.2, 0.25) is 5.91 Å². The summed E-state index contributed by atoms with van der Waals surface area (Å²) in [5.41, 5.74) is 5.53. The molecule has 1 aromatic rings. The first kappa shape index (κ1) is 14.5. The van der Waals surface area contributed by atoms with E-state index in [2.05, 4.69) is 0 Å². The van der Waals surface area contributed by atoms with Crippen molar-refractivity contribution in [2.75, 3.05) is 0 Å². The molecule has 0 heterocycles. The zero-order valence-corrected chi connectivity index (χ0v) is 12.7. The quantitative estimate of drug-likeness (QED) is 0.704. The molecular weight excluding hydrogens is 440 g/mol. The SMILES string of the molecule is NC(=O)c1ccccc1.[Cl][W]([Cl])([Cl])[Cl]. The summed E-state index contributed by atoms with van der Waals surface area (Å²) in [5, 5.41) is 0. The van der Waals surface area contributed by atoms with E-state index < -0.39 is 11.9 Å². The summed E-state index contributed by atoms with van der Waals surface area (Å²) in [6.07, 6.45) is 0. The van der Waals surface area contributed by atoms with E-state index in [0.717, 1.165) is 0 Å². The molecule has 0 spiro atoms. The second-order valence-electron chi connectivity index (χ2n) is 2.08. The van der Waals surface area contributed by atoms with Crippen molar-refractivity contribution < 1.29 is 16.7 Å². The number of benzene rings is 1. The van der Waals surface area contributed by atoms with Gasteiger partial charge in [0.1, 0.15) is 0 Å². The van der Waals surface area contributed by atoms with Gasteiger partial charge in [-0.25, -0.2) is 0 Å². The fourth-order valence-corrected chi connectivity index (χ4v) is 0.602. The molecule has 0 aliphatic carbocycles. The van der Waals surface area contributed by atoms with E-state index in [-0.39, 0.29) is 5.91 Å². The Kier molecular flexibility index (Phi) is 7.19. The maximum absolute atomic E-state index is 10.4. The van der Waals surface area contributed by atoms with Crippen LogP contribution in [-0.4, -0.2) is 5.91 Å². The molecule has 0 saturated heterocycles. The summed E-state index contributed by atoms with van der Waals surface area (Å²) in [4.78, 5) is 10.4. The van der Waals surface area contributed by atoms with Crippen LogP contribution in [0.4, 0.5) is 0 Å². The molecule has 1 amide bonds. The van der Waals surface area contributed by atoms with Gasteiger partial charge in [0, 0.05) is 5.56 Å². The van der Waals surface area contributed by atoms with Crippen LogP contribution in [0.1, 0.15) is 10.4 Å². The first-order valence-corrected chi connectivity index (χ1v) is 17.8. The van der Waals surface area contributed by atoms with Crippen LogP contribution in [0.3, 0.4) is 0 Å². The summed E-state index contributed by atoms with van der Waals surface area (Å²) in [6, 6.07) is 8.76. The number of nitrogens with two attached hydrogens (primary N) is 1. The second kappa shape index (κ2) is 6.92. The van der Waals surface area contributed by atoms with Crippen molar-refractivity contribution in [2.45, 2.75) is 0 Å². The van der Waals surface area contributed by atoms with Crippen molar-refractivity contribution in [3.8, 4) is 0 Å². The molecule has 14 heavy (non-hydrogen) atoms. The predicted molar refractivity (Wildman–Crippen MR) is 58.4 cm³/mol. The Morgan fingerprint density at radius 1 is 1.07 bits per heavy atom. The average molecular weight is 447 g/mol. The molecule has 0 aliphatic heterocycles. The summed E-state index contributed by atoms with van der Waals surface area (Å²) in [7, 11) is 20.1. The number of carbonyl (C=O) groups is 1. The van der Waals surface area contributed by atoms with Gasteiger partial charge >= 0.3 is 49.6 Å². The van der Waals surface area contributed by atoms with E-state index in [1.54, 1.807) is 24.3 Å². The fraction of sp³-hybridized carbons (Fsp3) is 0. The Morgan fingerprint density at radius 2 is 1.43 bits per heavy atom. The molecule has 0 bridgehead atoms. The van der Waals surface area contributed by atoms with Gasteiger partial charge in [0.05, 0.1) is 0 Å². The van der Waals surface area contributed by atoms with E-state index in [4.69, 9.17) is 43.4 Å². The maximum atomic E-state index is 10.4. The van der Waals surface area contributed by atoms with E-state index in [1.807, 2.05) is 6.07 Å². The molecular formula is C7H7Cl4NOW. The topological polar surface area (TPSA) is 43.1 Å². The Bertz CT molecular complexity index is 281. The van der Waals surface area contributed by atoms with Crippen molar-refractivity contribution in [1.29, 1.82) is 0 Å². The Hall–Kier alpha value is 0.538. The molecule has 0 saturated carbocycles. The minimum atomic E-state index is -3.28. The van der Waals surface area contributed by atoms with E-state index >= 15 is 0 Å². The third-order valence-electron chi connectivity index (χ3n) is 1.06. The molecule has 1 aromatic carbocycles. The zero-order valence-electron chi connectivity index (χ0n) is 6.79. The van der Waals surface area contributed by atoms with Gasteiger partial charge in [-0.05, 0) is 12.1 Å². The first-order chi connectivity index (χ1) is 6.30. The molecule has 0 aliphatic rings. The van der Waals surface area contributed by atoms with Crippen molar-refractivity contribution in [1.82, 2.24) is 0 Å². The van der Waals surface area contributed by atoms with Crippen LogP contribution in [0.25, 0.3) is 0 Å². The van der Waals surface area contributed by atoms with Gasteiger partial charge in [-0.15, -0.1) is 0 Å². The molecule has 0 unspecified atom stereocenters. The summed E-state index contributed by atoms with van der Waals surface area (Å²) in [5.74, 6) is -0.379. The molecule has 2 N–H and O–H groups in total. The third-order valence-corrected chi connectivity index (χ3v) is 1.06.